The molecule has 2 aliphatic heterocycles. The molecule has 4 aromatic rings. The van der Waals surface area contributed by atoms with E-state index in [4.69, 9.17) is 28.2 Å². The van der Waals surface area contributed by atoms with Gasteiger partial charge in [-0.05, 0) is 50.1 Å². The number of benzene rings is 1. The molecule has 1 aromatic carbocycles. The number of carbonyl (C=O) groups is 1. The van der Waals surface area contributed by atoms with Crippen molar-refractivity contribution in [2.24, 2.45) is 0 Å². The summed E-state index contributed by atoms with van der Waals surface area (Å²) in [5, 5.41) is 4.46. The largest absolute Gasteiger partial charge is 0.369 e. The van der Waals surface area contributed by atoms with Crippen molar-refractivity contribution >= 4 is 51.9 Å². The number of nitrogens with zero attached hydrogens (tertiary/aromatic N) is 6. The average molecular weight is 565 g/mol. The Morgan fingerprint density at radius 3 is 2.54 bits per heavy atom. The van der Waals surface area contributed by atoms with Crippen molar-refractivity contribution in [1.82, 2.24) is 19.3 Å². The Labute approximate surface area is 238 Å². The highest BCUT2D eigenvalue weighted by atomic mass is 35.5. The molecule has 0 radical (unpaired) electrons. The van der Waals surface area contributed by atoms with Gasteiger partial charge in [-0.15, -0.1) is 0 Å². The van der Waals surface area contributed by atoms with Crippen LogP contribution in [0.15, 0.2) is 55.0 Å². The van der Waals surface area contributed by atoms with Gasteiger partial charge in [-0.25, -0.2) is 4.98 Å². The lowest BCUT2D eigenvalue weighted by Gasteiger charge is -2.36. The number of amides is 1. The van der Waals surface area contributed by atoms with Crippen molar-refractivity contribution in [3.8, 4) is 11.3 Å². The molecule has 0 unspecified atom stereocenters. The van der Waals surface area contributed by atoms with Crippen LogP contribution in [0, 0.1) is 0 Å². The van der Waals surface area contributed by atoms with Gasteiger partial charge in [-0.3, -0.25) is 14.2 Å². The van der Waals surface area contributed by atoms with Crippen molar-refractivity contribution in [2.45, 2.75) is 26.3 Å². The highest BCUT2D eigenvalue weighted by molar-refractivity contribution is 6.38. The third kappa shape index (κ3) is 4.87. The van der Waals surface area contributed by atoms with Gasteiger partial charge in [0, 0.05) is 68.6 Å². The van der Waals surface area contributed by atoms with Crippen LogP contribution in [0.5, 0.6) is 0 Å². The number of nitrogens with one attached hydrogen (secondary N) is 1. The van der Waals surface area contributed by atoms with Gasteiger partial charge >= 0.3 is 0 Å². The van der Waals surface area contributed by atoms with Gasteiger partial charge in [0.2, 0.25) is 5.91 Å². The normalized spacial score (nSPS) is 15.4. The van der Waals surface area contributed by atoms with E-state index in [9.17, 15) is 4.79 Å². The van der Waals surface area contributed by atoms with E-state index >= 15 is 0 Å². The first-order valence-electron chi connectivity index (χ1n) is 13.3. The van der Waals surface area contributed by atoms with Crippen LogP contribution in [0.2, 0.25) is 10.0 Å². The van der Waals surface area contributed by atoms with E-state index < -0.39 is 0 Å². The number of piperazine rings is 1. The lowest BCUT2D eigenvalue weighted by Crippen LogP contribution is -2.50. The maximum absolute atomic E-state index is 13.3. The molecule has 6 rings (SSSR count). The maximum Gasteiger partial charge on any atom is 0.242 e. The minimum Gasteiger partial charge on any atom is -0.369 e. The van der Waals surface area contributed by atoms with Gasteiger partial charge < -0.3 is 20.0 Å². The summed E-state index contributed by atoms with van der Waals surface area (Å²) in [5.74, 6) is 0.867. The highest BCUT2D eigenvalue weighted by Crippen LogP contribution is 2.36. The summed E-state index contributed by atoms with van der Waals surface area (Å²) in [4.78, 5) is 28.7. The Kier molecular flexibility index (Phi) is 6.99. The van der Waals surface area contributed by atoms with Crippen LogP contribution >= 0.6 is 23.2 Å². The zero-order valence-electron chi connectivity index (χ0n) is 22.1. The molecule has 2 aliphatic rings. The summed E-state index contributed by atoms with van der Waals surface area (Å²) in [7, 11) is 0. The number of hydrogen-bond acceptors (Lipinski definition) is 6. The first-order valence-corrected chi connectivity index (χ1v) is 14.1. The number of pyridine rings is 2. The highest BCUT2D eigenvalue weighted by Gasteiger charge is 2.26. The fourth-order valence-corrected chi connectivity index (χ4v) is 6.24. The molecule has 1 saturated heterocycles. The zero-order chi connectivity index (χ0) is 27.1. The standard InChI is InChI=1S/C29H31Cl2N7O/c1-19(2)37-10-8-20-15-21(6-7-24(20)37)27-29(38-9-4-3-5-25(38)34-27)33-18-26(39)35-11-13-36(14-12-35)28-22(30)16-32-17-23(28)31/h3-7,9,15-17,19,33H,8,10-14,18H2,1-2H3. The van der Waals surface area contributed by atoms with Gasteiger partial charge in [0.1, 0.15) is 17.2 Å². The fourth-order valence-electron chi connectivity index (χ4n) is 5.63. The molecule has 8 nitrogen and oxygen atoms in total. The number of imidazole rings is 1. The van der Waals surface area contributed by atoms with Crippen molar-refractivity contribution < 1.29 is 4.79 Å². The number of aromatic nitrogens is 3. The lowest BCUT2D eigenvalue weighted by molar-refractivity contribution is -0.129. The number of rotatable bonds is 6. The summed E-state index contributed by atoms with van der Waals surface area (Å²) in [6.45, 7) is 8.16. The molecule has 0 bridgehead atoms. The summed E-state index contributed by atoms with van der Waals surface area (Å²) < 4.78 is 2.02. The van der Waals surface area contributed by atoms with Gasteiger partial charge in [-0.1, -0.05) is 35.3 Å². The number of halogens is 2. The molecule has 1 amide bonds. The summed E-state index contributed by atoms with van der Waals surface area (Å²) >= 11 is 12.7. The topological polar surface area (TPSA) is 69.0 Å². The molecule has 202 valence electrons. The van der Waals surface area contributed by atoms with E-state index in [0.717, 1.165) is 41.4 Å². The Morgan fingerprint density at radius 2 is 1.79 bits per heavy atom. The second-order valence-electron chi connectivity index (χ2n) is 10.3. The van der Waals surface area contributed by atoms with Gasteiger partial charge in [0.05, 0.1) is 22.3 Å². The number of hydrogen-bond donors (Lipinski definition) is 1. The smallest absolute Gasteiger partial charge is 0.242 e. The van der Waals surface area contributed by atoms with Crippen LogP contribution in [-0.4, -0.2) is 70.5 Å². The molecule has 0 spiro atoms. The molecule has 3 aromatic heterocycles. The predicted molar refractivity (Wildman–Crippen MR) is 158 cm³/mol. The third-order valence-corrected chi connectivity index (χ3v) is 8.17. The van der Waals surface area contributed by atoms with Crippen LogP contribution in [0.25, 0.3) is 16.9 Å². The quantitative estimate of drug-likeness (QED) is 0.346. The summed E-state index contributed by atoms with van der Waals surface area (Å²) in [5.41, 5.74) is 6.17. The molecular weight excluding hydrogens is 533 g/mol. The molecule has 0 aliphatic carbocycles. The maximum atomic E-state index is 13.3. The Hall–Kier alpha value is -3.49. The van der Waals surface area contributed by atoms with E-state index in [1.54, 1.807) is 12.4 Å². The van der Waals surface area contributed by atoms with Crippen LogP contribution in [0.3, 0.4) is 0 Å². The Balaban J connectivity index is 1.19. The minimum absolute atomic E-state index is 0.0416. The monoisotopic (exact) mass is 563 g/mol. The molecule has 5 heterocycles. The van der Waals surface area contributed by atoms with Crippen molar-refractivity contribution in [2.75, 3.05) is 54.4 Å². The predicted octanol–water partition coefficient (Wildman–Crippen LogP) is 5.23. The first kappa shape index (κ1) is 25.8. The number of carbonyl (C=O) groups excluding carboxylic acids is 1. The molecular formula is C29H31Cl2N7O. The molecule has 39 heavy (non-hydrogen) atoms. The molecule has 1 N–H and O–H groups in total. The lowest BCUT2D eigenvalue weighted by atomic mass is 10.1. The van der Waals surface area contributed by atoms with Crippen molar-refractivity contribution in [1.29, 1.82) is 0 Å². The van der Waals surface area contributed by atoms with Gasteiger partial charge in [-0.2, -0.15) is 0 Å². The third-order valence-electron chi connectivity index (χ3n) is 7.62. The second kappa shape index (κ2) is 10.6. The fraction of sp³-hybridized carbons (Fsp3) is 0.345. The van der Waals surface area contributed by atoms with Gasteiger partial charge in [0.25, 0.3) is 0 Å². The van der Waals surface area contributed by atoms with Gasteiger partial charge in [0.15, 0.2) is 0 Å². The molecule has 0 atom stereocenters. The van der Waals surface area contributed by atoms with Crippen LogP contribution in [0.1, 0.15) is 19.4 Å². The Morgan fingerprint density at radius 1 is 1.03 bits per heavy atom. The molecule has 0 saturated carbocycles. The molecule has 1 fully saturated rings. The SMILES string of the molecule is CC(C)N1CCc2cc(-c3nc4ccccn4c3NCC(=O)N3CCN(c4c(Cl)cncc4Cl)CC3)ccc21. The van der Waals surface area contributed by atoms with E-state index in [2.05, 4.69) is 52.1 Å². The second-order valence-corrected chi connectivity index (χ2v) is 11.1. The number of fused-ring (bicyclic) bond motifs is 2. The van der Waals surface area contributed by atoms with Crippen LogP contribution < -0.4 is 15.1 Å². The van der Waals surface area contributed by atoms with Crippen molar-refractivity contribution in [3.63, 3.8) is 0 Å². The summed E-state index contributed by atoms with van der Waals surface area (Å²) in [6, 6.07) is 13.0. The van der Waals surface area contributed by atoms with Crippen molar-refractivity contribution in [3.05, 3.63) is 70.6 Å². The zero-order valence-corrected chi connectivity index (χ0v) is 23.6. The van der Waals surface area contributed by atoms with E-state index in [-0.39, 0.29) is 12.5 Å². The average Bonchev–Trinajstić information content (AvgIpc) is 3.53. The van der Waals surface area contributed by atoms with E-state index in [1.807, 2.05) is 33.7 Å². The minimum atomic E-state index is 0.0416. The first-order chi connectivity index (χ1) is 18.9. The number of anilines is 3. The van der Waals surface area contributed by atoms with E-state index in [1.165, 1.54) is 11.3 Å². The van der Waals surface area contributed by atoms with Crippen LogP contribution in [-0.2, 0) is 11.2 Å². The van der Waals surface area contributed by atoms with E-state index in [0.29, 0.717) is 42.3 Å². The van der Waals surface area contributed by atoms with Crippen LogP contribution in [0.4, 0.5) is 17.2 Å². The molecule has 10 heteroatoms. The Bertz CT molecular complexity index is 1510. The summed E-state index contributed by atoms with van der Waals surface area (Å²) in [6.07, 6.45) is 6.20.